The Morgan fingerprint density at radius 2 is 2.00 bits per heavy atom. The second-order valence-electron chi connectivity index (χ2n) is 6.04. The van der Waals surface area contributed by atoms with Gasteiger partial charge in [-0.2, -0.15) is 0 Å². The van der Waals surface area contributed by atoms with Gasteiger partial charge in [0.1, 0.15) is 0 Å². The third-order valence-corrected chi connectivity index (χ3v) is 4.24. The lowest BCUT2D eigenvalue weighted by atomic mass is 9.91. The highest BCUT2D eigenvalue weighted by Gasteiger charge is 2.37. The number of nitrogens with zero attached hydrogens (tertiary/aromatic N) is 1. The van der Waals surface area contributed by atoms with Crippen molar-refractivity contribution in [2.75, 3.05) is 19.9 Å². The Labute approximate surface area is 110 Å². The summed E-state index contributed by atoms with van der Waals surface area (Å²) in [7, 11) is 0. The molecule has 2 unspecified atom stereocenters. The molecule has 1 amide bonds. The minimum Gasteiger partial charge on any atom is -0.381 e. The van der Waals surface area contributed by atoms with E-state index < -0.39 is 0 Å². The van der Waals surface area contributed by atoms with E-state index in [9.17, 15) is 4.79 Å². The first kappa shape index (κ1) is 13.8. The largest absolute Gasteiger partial charge is 0.381 e. The molecule has 2 heterocycles. The Kier molecular flexibility index (Phi) is 4.62. The van der Waals surface area contributed by atoms with Gasteiger partial charge in [-0.25, -0.2) is 0 Å². The smallest absolute Gasteiger partial charge is 0.241 e. The summed E-state index contributed by atoms with van der Waals surface area (Å²) in [4.78, 5) is 14.4. The van der Waals surface area contributed by atoms with Crippen molar-refractivity contribution in [1.82, 2.24) is 10.2 Å². The lowest BCUT2D eigenvalue weighted by Crippen LogP contribution is -2.43. The lowest BCUT2D eigenvalue weighted by Gasteiger charge is -2.33. The Balaban J connectivity index is 1.91. The first-order valence-electron chi connectivity index (χ1n) is 7.21. The molecule has 0 aromatic heterocycles. The van der Waals surface area contributed by atoms with Crippen molar-refractivity contribution in [3.63, 3.8) is 0 Å². The number of carbonyl (C=O) groups is 1. The van der Waals surface area contributed by atoms with Gasteiger partial charge in [-0.3, -0.25) is 10.1 Å². The second kappa shape index (κ2) is 6.02. The van der Waals surface area contributed by atoms with Gasteiger partial charge in [-0.15, -0.1) is 0 Å². The summed E-state index contributed by atoms with van der Waals surface area (Å²) in [6.07, 6.45) is 3.11. The van der Waals surface area contributed by atoms with Gasteiger partial charge < -0.3 is 9.64 Å². The molecule has 2 fully saturated rings. The van der Waals surface area contributed by atoms with Crippen molar-refractivity contribution >= 4 is 5.91 Å². The van der Waals surface area contributed by atoms with E-state index in [1.165, 1.54) is 0 Å². The molecule has 0 aromatic carbocycles. The van der Waals surface area contributed by atoms with Gasteiger partial charge >= 0.3 is 0 Å². The molecule has 18 heavy (non-hydrogen) atoms. The quantitative estimate of drug-likeness (QED) is 0.828. The standard InChI is InChI=1S/C14H26N2O2/c1-10(2)8-13-14(17)16(9-15-13)11(3)12-4-6-18-7-5-12/h10-13,15H,4-9H2,1-3H3. The molecule has 0 bridgehead atoms. The average molecular weight is 254 g/mol. The molecule has 2 saturated heterocycles. The SMILES string of the molecule is CC(C)CC1NCN(C(C)C2CCOCC2)C1=O. The molecule has 2 aliphatic rings. The minimum atomic E-state index is 0.0345. The number of amides is 1. The van der Waals surface area contributed by atoms with Crippen LogP contribution in [0.25, 0.3) is 0 Å². The zero-order valence-corrected chi connectivity index (χ0v) is 11.8. The van der Waals surface area contributed by atoms with Gasteiger partial charge in [0, 0.05) is 19.3 Å². The van der Waals surface area contributed by atoms with E-state index in [0.29, 0.717) is 23.8 Å². The molecule has 104 valence electrons. The fourth-order valence-corrected chi connectivity index (χ4v) is 3.03. The molecule has 4 heteroatoms. The molecule has 4 nitrogen and oxygen atoms in total. The number of hydrogen-bond acceptors (Lipinski definition) is 3. The second-order valence-corrected chi connectivity index (χ2v) is 6.04. The van der Waals surface area contributed by atoms with Crippen LogP contribution in [0.5, 0.6) is 0 Å². The van der Waals surface area contributed by atoms with Crippen molar-refractivity contribution in [3.8, 4) is 0 Å². The normalized spacial score (nSPS) is 28.1. The highest BCUT2D eigenvalue weighted by Crippen LogP contribution is 2.25. The summed E-state index contributed by atoms with van der Waals surface area (Å²) in [5, 5.41) is 3.35. The average Bonchev–Trinajstić information content (AvgIpc) is 2.71. The number of hydrogen-bond donors (Lipinski definition) is 1. The van der Waals surface area contributed by atoms with Crippen LogP contribution in [0.1, 0.15) is 40.0 Å². The van der Waals surface area contributed by atoms with E-state index in [4.69, 9.17) is 4.74 Å². The van der Waals surface area contributed by atoms with Crippen molar-refractivity contribution in [3.05, 3.63) is 0 Å². The summed E-state index contributed by atoms with van der Waals surface area (Å²) >= 11 is 0. The number of rotatable bonds is 4. The van der Waals surface area contributed by atoms with Crippen LogP contribution in [0.3, 0.4) is 0 Å². The summed E-state index contributed by atoms with van der Waals surface area (Å²) in [6.45, 7) is 8.93. The first-order chi connectivity index (χ1) is 8.59. The molecule has 0 aliphatic carbocycles. The summed E-state index contributed by atoms with van der Waals surface area (Å²) < 4.78 is 5.39. The van der Waals surface area contributed by atoms with E-state index in [1.54, 1.807) is 0 Å². The molecular weight excluding hydrogens is 228 g/mol. The third kappa shape index (κ3) is 3.04. The van der Waals surface area contributed by atoms with Crippen LogP contribution in [0.4, 0.5) is 0 Å². The van der Waals surface area contributed by atoms with E-state index in [0.717, 1.165) is 39.1 Å². The number of ether oxygens (including phenoxy) is 1. The predicted molar refractivity (Wildman–Crippen MR) is 71.1 cm³/mol. The maximum atomic E-state index is 12.4. The van der Waals surface area contributed by atoms with E-state index in [-0.39, 0.29) is 6.04 Å². The van der Waals surface area contributed by atoms with Crippen LogP contribution in [-0.2, 0) is 9.53 Å². The molecule has 2 rings (SSSR count). The van der Waals surface area contributed by atoms with Gasteiger partial charge in [0.25, 0.3) is 0 Å². The topological polar surface area (TPSA) is 41.6 Å². The lowest BCUT2D eigenvalue weighted by molar-refractivity contribution is -0.132. The monoisotopic (exact) mass is 254 g/mol. The highest BCUT2D eigenvalue weighted by molar-refractivity contribution is 5.84. The van der Waals surface area contributed by atoms with Crippen molar-refractivity contribution in [2.45, 2.75) is 52.1 Å². The van der Waals surface area contributed by atoms with E-state index in [1.807, 2.05) is 4.90 Å². The van der Waals surface area contributed by atoms with Gasteiger partial charge in [0.2, 0.25) is 5.91 Å². The van der Waals surface area contributed by atoms with Crippen molar-refractivity contribution in [1.29, 1.82) is 0 Å². The molecule has 0 saturated carbocycles. The highest BCUT2D eigenvalue weighted by atomic mass is 16.5. The van der Waals surface area contributed by atoms with Crippen LogP contribution in [0.15, 0.2) is 0 Å². The van der Waals surface area contributed by atoms with Gasteiger partial charge in [-0.1, -0.05) is 13.8 Å². The minimum absolute atomic E-state index is 0.0345. The van der Waals surface area contributed by atoms with Gasteiger partial charge in [0.15, 0.2) is 0 Å². The zero-order valence-electron chi connectivity index (χ0n) is 11.8. The number of carbonyl (C=O) groups excluding carboxylic acids is 1. The third-order valence-electron chi connectivity index (χ3n) is 4.24. The van der Waals surface area contributed by atoms with E-state index in [2.05, 4.69) is 26.1 Å². The van der Waals surface area contributed by atoms with Crippen LogP contribution < -0.4 is 5.32 Å². The molecule has 0 radical (unpaired) electrons. The van der Waals surface area contributed by atoms with Crippen LogP contribution >= 0.6 is 0 Å². The van der Waals surface area contributed by atoms with Gasteiger partial charge in [0.05, 0.1) is 12.7 Å². The Hall–Kier alpha value is -0.610. The van der Waals surface area contributed by atoms with Crippen LogP contribution in [-0.4, -0.2) is 42.8 Å². The van der Waals surface area contributed by atoms with E-state index >= 15 is 0 Å². The molecule has 0 aromatic rings. The maximum absolute atomic E-state index is 12.4. The molecule has 0 spiro atoms. The molecule has 1 N–H and O–H groups in total. The fraction of sp³-hybridized carbons (Fsp3) is 0.929. The summed E-state index contributed by atoms with van der Waals surface area (Å²) in [5.41, 5.74) is 0. The maximum Gasteiger partial charge on any atom is 0.241 e. The summed E-state index contributed by atoms with van der Waals surface area (Å²) in [6, 6.07) is 0.373. The van der Waals surface area contributed by atoms with Crippen LogP contribution in [0.2, 0.25) is 0 Å². The van der Waals surface area contributed by atoms with Crippen molar-refractivity contribution in [2.24, 2.45) is 11.8 Å². The zero-order chi connectivity index (χ0) is 13.1. The summed E-state index contributed by atoms with van der Waals surface area (Å²) in [5.74, 6) is 1.45. The fourth-order valence-electron chi connectivity index (χ4n) is 3.03. The number of nitrogens with one attached hydrogen (secondary N) is 1. The first-order valence-corrected chi connectivity index (χ1v) is 7.21. The van der Waals surface area contributed by atoms with Crippen molar-refractivity contribution < 1.29 is 9.53 Å². The predicted octanol–water partition coefficient (Wildman–Crippen LogP) is 1.61. The van der Waals surface area contributed by atoms with Crippen LogP contribution in [0, 0.1) is 11.8 Å². The molecule has 2 atom stereocenters. The molecular formula is C14H26N2O2. The Morgan fingerprint density at radius 3 is 2.61 bits per heavy atom. The Morgan fingerprint density at radius 1 is 1.33 bits per heavy atom. The van der Waals surface area contributed by atoms with Gasteiger partial charge in [-0.05, 0) is 38.0 Å². The molecule has 2 aliphatic heterocycles. The Bertz CT molecular complexity index is 288.